The molecule has 0 spiro atoms. The van der Waals surface area contributed by atoms with Crippen LogP contribution in [-0.4, -0.2) is 47.0 Å². The van der Waals surface area contributed by atoms with Gasteiger partial charge >= 0.3 is 0 Å². The highest BCUT2D eigenvalue weighted by Crippen LogP contribution is 2.28. The predicted molar refractivity (Wildman–Crippen MR) is 121 cm³/mol. The molecule has 1 N–H and O–H groups in total. The Bertz CT molecular complexity index is 1130. The first-order chi connectivity index (χ1) is 15.2. The van der Waals surface area contributed by atoms with Crippen LogP contribution in [0.2, 0.25) is 0 Å². The summed E-state index contributed by atoms with van der Waals surface area (Å²) < 4.78 is 12.9. The van der Waals surface area contributed by atoms with Gasteiger partial charge in [-0.3, -0.25) is 9.36 Å². The maximum atomic E-state index is 13.8. The van der Waals surface area contributed by atoms with Gasteiger partial charge < -0.3 is 14.8 Å². The number of hydrogen-bond acceptors (Lipinski definition) is 6. The van der Waals surface area contributed by atoms with Crippen LogP contribution >= 0.6 is 0 Å². The van der Waals surface area contributed by atoms with E-state index in [1.165, 1.54) is 0 Å². The van der Waals surface area contributed by atoms with Crippen molar-refractivity contribution in [2.45, 2.75) is 44.7 Å². The van der Waals surface area contributed by atoms with Crippen molar-refractivity contribution in [3.8, 4) is 11.1 Å². The monoisotopic (exact) mass is 420 g/mol. The zero-order chi connectivity index (χ0) is 21.2. The molecule has 0 radical (unpaired) electrons. The lowest BCUT2D eigenvalue weighted by molar-refractivity contribution is 0.0697. The number of ether oxygens (including phenoxy) is 2. The standard InChI is InChI=1S/C24H28N4O3/c1-16-4-2-3-5-20(16)21-14-17-15-25-24(26-18-6-10-30-11-7-18)27-22(17)28(23(21)29)19-8-12-31-13-9-19/h2-5,14-15,18-19H,6-13H2,1H3,(H,25,26,27). The third-order valence-corrected chi connectivity index (χ3v) is 6.32. The number of rotatable bonds is 4. The Labute approximate surface area is 181 Å². The summed E-state index contributed by atoms with van der Waals surface area (Å²) in [5, 5.41) is 4.31. The van der Waals surface area contributed by atoms with Gasteiger partial charge in [0.2, 0.25) is 5.95 Å². The summed E-state index contributed by atoms with van der Waals surface area (Å²) >= 11 is 0. The van der Waals surface area contributed by atoms with Gasteiger partial charge in [0.15, 0.2) is 0 Å². The highest BCUT2D eigenvalue weighted by Gasteiger charge is 2.23. The molecule has 0 bridgehead atoms. The van der Waals surface area contributed by atoms with Crippen LogP contribution in [0.1, 0.15) is 37.3 Å². The molecule has 4 heterocycles. The Morgan fingerprint density at radius 3 is 2.45 bits per heavy atom. The zero-order valence-corrected chi connectivity index (χ0v) is 17.8. The summed E-state index contributed by atoms with van der Waals surface area (Å²) in [6.07, 6.45) is 5.31. The third-order valence-electron chi connectivity index (χ3n) is 6.32. The number of aromatic nitrogens is 3. The summed E-state index contributed by atoms with van der Waals surface area (Å²) in [4.78, 5) is 23.2. The SMILES string of the molecule is Cc1ccccc1-c1cc2cnc(NC3CCOCC3)nc2n(C2CCOCC2)c1=O. The number of nitrogens with zero attached hydrogens (tertiary/aromatic N) is 3. The predicted octanol–water partition coefficient (Wildman–Crippen LogP) is 3.71. The van der Waals surface area contributed by atoms with Crippen LogP contribution < -0.4 is 10.9 Å². The van der Waals surface area contributed by atoms with E-state index in [1.807, 2.05) is 48.0 Å². The minimum atomic E-state index is 0.00409. The second kappa shape index (κ2) is 8.77. The van der Waals surface area contributed by atoms with Crippen molar-refractivity contribution in [3.05, 3.63) is 52.4 Å². The Morgan fingerprint density at radius 2 is 1.71 bits per heavy atom. The minimum absolute atomic E-state index is 0.00409. The van der Waals surface area contributed by atoms with E-state index in [2.05, 4.69) is 10.3 Å². The molecule has 2 aliphatic rings. The van der Waals surface area contributed by atoms with E-state index in [1.54, 1.807) is 0 Å². The van der Waals surface area contributed by atoms with Crippen molar-refractivity contribution in [3.63, 3.8) is 0 Å². The van der Waals surface area contributed by atoms with Crippen LogP contribution in [0, 0.1) is 6.92 Å². The number of pyridine rings is 1. The van der Waals surface area contributed by atoms with Crippen molar-refractivity contribution in [2.75, 3.05) is 31.7 Å². The van der Waals surface area contributed by atoms with Gasteiger partial charge in [-0.25, -0.2) is 4.98 Å². The molecule has 0 amide bonds. The lowest BCUT2D eigenvalue weighted by Crippen LogP contribution is -2.32. The molecule has 7 nitrogen and oxygen atoms in total. The molecule has 7 heteroatoms. The zero-order valence-electron chi connectivity index (χ0n) is 17.8. The first-order valence-electron chi connectivity index (χ1n) is 11.1. The second-order valence-electron chi connectivity index (χ2n) is 8.40. The van der Waals surface area contributed by atoms with E-state index in [9.17, 15) is 4.79 Å². The molecule has 2 aromatic heterocycles. The number of hydrogen-bond donors (Lipinski definition) is 1. The summed E-state index contributed by atoms with van der Waals surface area (Å²) in [6, 6.07) is 10.3. The fourth-order valence-corrected chi connectivity index (χ4v) is 4.56. The van der Waals surface area contributed by atoms with E-state index < -0.39 is 0 Å². The van der Waals surface area contributed by atoms with Crippen LogP contribution in [0.4, 0.5) is 5.95 Å². The number of benzene rings is 1. The van der Waals surface area contributed by atoms with Gasteiger partial charge in [-0.1, -0.05) is 24.3 Å². The molecule has 1 aromatic carbocycles. The largest absolute Gasteiger partial charge is 0.381 e. The number of anilines is 1. The van der Waals surface area contributed by atoms with Crippen molar-refractivity contribution < 1.29 is 9.47 Å². The van der Waals surface area contributed by atoms with E-state index in [-0.39, 0.29) is 11.6 Å². The molecule has 0 saturated carbocycles. The summed E-state index contributed by atoms with van der Waals surface area (Å²) in [7, 11) is 0. The number of fused-ring (bicyclic) bond motifs is 1. The highest BCUT2D eigenvalue weighted by molar-refractivity contribution is 5.82. The van der Waals surface area contributed by atoms with E-state index in [0.29, 0.717) is 36.4 Å². The molecule has 5 rings (SSSR count). The van der Waals surface area contributed by atoms with Gasteiger partial charge in [-0.2, -0.15) is 4.98 Å². The van der Waals surface area contributed by atoms with Crippen molar-refractivity contribution in [2.24, 2.45) is 0 Å². The maximum Gasteiger partial charge on any atom is 0.260 e. The molecule has 0 aliphatic carbocycles. The smallest absolute Gasteiger partial charge is 0.260 e. The molecule has 31 heavy (non-hydrogen) atoms. The van der Waals surface area contributed by atoms with E-state index in [4.69, 9.17) is 14.5 Å². The minimum Gasteiger partial charge on any atom is -0.381 e. The van der Waals surface area contributed by atoms with Crippen molar-refractivity contribution >= 4 is 17.0 Å². The summed E-state index contributed by atoms with van der Waals surface area (Å²) in [5.74, 6) is 0.572. The van der Waals surface area contributed by atoms with Crippen LogP contribution in [0.5, 0.6) is 0 Å². The molecular formula is C24H28N4O3. The first-order valence-corrected chi connectivity index (χ1v) is 11.1. The molecular weight excluding hydrogens is 392 g/mol. The second-order valence-corrected chi connectivity index (χ2v) is 8.40. The average molecular weight is 421 g/mol. The van der Waals surface area contributed by atoms with Gasteiger partial charge in [0.25, 0.3) is 5.56 Å². The fourth-order valence-electron chi connectivity index (χ4n) is 4.56. The molecule has 2 saturated heterocycles. The summed E-state index contributed by atoms with van der Waals surface area (Å²) in [5.41, 5.74) is 3.44. The third kappa shape index (κ3) is 4.07. The van der Waals surface area contributed by atoms with Crippen LogP contribution in [0.25, 0.3) is 22.2 Å². The Kier molecular flexibility index (Phi) is 5.70. The van der Waals surface area contributed by atoms with Gasteiger partial charge in [0, 0.05) is 55.7 Å². The van der Waals surface area contributed by atoms with Gasteiger partial charge in [-0.05, 0) is 49.8 Å². The Morgan fingerprint density at radius 1 is 1.00 bits per heavy atom. The normalized spacial score (nSPS) is 18.4. The lowest BCUT2D eigenvalue weighted by Gasteiger charge is -2.27. The lowest BCUT2D eigenvalue weighted by atomic mass is 10.00. The van der Waals surface area contributed by atoms with Crippen molar-refractivity contribution in [1.82, 2.24) is 14.5 Å². The quantitative estimate of drug-likeness (QED) is 0.693. The Hall–Kier alpha value is -2.77. The van der Waals surface area contributed by atoms with Crippen LogP contribution in [0.3, 0.4) is 0 Å². The van der Waals surface area contributed by atoms with Crippen LogP contribution in [0.15, 0.2) is 41.3 Å². The molecule has 3 aromatic rings. The van der Waals surface area contributed by atoms with Gasteiger partial charge in [0.05, 0.1) is 0 Å². The molecule has 2 fully saturated rings. The molecule has 0 atom stereocenters. The molecule has 162 valence electrons. The Balaban J connectivity index is 1.64. The molecule has 2 aliphatic heterocycles. The average Bonchev–Trinajstić information content (AvgIpc) is 2.80. The van der Waals surface area contributed by atoms with E-state index >= 15 is 0 Å². The van der Waals surface area contributed by atoms with Gasteiger partial charge in [0.1, 0.15) is 5.65 Å². The fraction of sp³-hybridized carbons (Fsp3) is 0.458. The highest BCUT2D eigenvalue weighted by atomic mass is 16.5. The number of aryl methyl sites for hydroxylation is 1. The topological polar surface area (TPSA) is 78.3 Å². The van der Waals surface area contributed by atoms with E-state index in [0.717, 1.165) is 55.4 Å². The number of nitrogens with one attached hydrogen (secondary N) is 1. The summed E-state index contributed by atoms with van der Waals surface area (Å²) in [6.45, 7) is 4.85. The molecule has 0 unspecified atom stereocenters. The maximum absolute atomic E-state index is 13.8. The van der Waals surface area contributed by atoms with Gasteiger partial charge in [-0.15, -0.1) is 0 Å². The first kappa shape index (κ1) is 20.2. The van der Waals surface area contributed by atoms with Crippen LogP contribution in [-0.2, 0) is 9.47 Å². The van der Waals surface area contributed by atoms with Crippen molar-refractivity contribution in [1.29, 1.82) is 0 Å².